The van der Waals surface area contributed by atoms with Crippen molar-refractivity contribution >= 4 is 41.3 Å². The minimum absolute atomic E-state index is 0.288. The largest absolute Gasteiger partial charge is 0.477 e. The summed E-state index contributed by atoms with van der Waals surface area (Å²) < 4.78 is 1.81. The van der Waals surface area contributed by atoms with Crippen LogP contribution in [0.5, 0.6) is 0 Å². The molecule has 0 fully saturated rings. The Hall–Kier alpha value is -2.82. The lowest BCUT2D eigenvalue weighted by atomic mass is 9.99. The lowest BCUT2D eigenvalue weighted by Crippen LogP contribution is -2.25. The van der Waals surface area contributed by atoms with E-state index >= 15 is 0 Å². The quantitative estimate of drug-likeness (QED) is 0.541. The fourth-order valence-corrected chi connectivity index (χ4v) is 3.63. The lowest BCUT2D eigenvalue weighted by Gasteiger charge is -2.20. The number of carbonyl (C=O) groups is 1. The second-order valence-electron chi connectivity index (χ2n) is 6.47. The van der Waals surface area contributed by atoms with Gasteiger partial charge in [-0.2, -0.15) is 0 Å². The van der Waals surface area contributed by atoms with Crippen LogP contribution in [0, 0.1) is 6.92 Å². The van der Waals surface area contributed by atoms with E-state index in [0.29, 0.717) is 39.1 Å². The van der Waals surface area contributed by atoms with Crippen LogP contribution in [-0.2, 0) is 6.54 Å². The zero-order chi connectivity index (χ0) is 21.1. The van der Waals surface area contributed by atoms with Gasteiger partial charge >= 0.3 is 5.97 Å². The number of hydrogen-bond acceptors (Lipinski definition) is 2. The molecule has 1 N–H and O–H groups in total. The molecular weight excluding hydrogens is 409 g/mol. The third-order valence-electron chi connectivity index (χ3n) is 4.74. The monoisotopic (exact) mass is 427 g/mol. The van der Waals surface area contributed by atoms with Crippen LogP contribution in [0.4, 0.5) is 0 Å². The fourth-order valence-electron chi connectivity index (χ4n) is 3.33. The summed E-state index contributed by atoms with van der Waals surface area (Å²) in [6.45, 7) is 4.19. The van der Waals surface area contributed by atoms with Gasteiger partial charge in [0.2, 0.25) is 5.43 Å². The van der Waals surface area contributed by atoms with E-state index in [0.717, 1.165) is 5.56 Å². The average molecular weight is 428 g/mol. The van der Waals surface area contributed by atoms with Crippen LogP contribution in [0.15, 0.2) is 53.3 Å². The van der Waals surface area contributed by atoms with Crippen LogP contribution >= 0.6 is 23.2 Å². The van der Waals surface area contributed by atoms with Crippen molar-refractivity contribution in [3.63, 3.8) is 0 Å². The number of pyridine rings is 1. The van der Waals surface area contributed by atoms with Crippen LogP contribution in [0.2, 0.25) is 10.0 Å². The third-order valence-corrected chi connectivity index (χ3v) is 5.48. The molecule has 0 aliphatic heterocycles. The number of carboxylic acids is 1. The van der Waals surface area contributed by atoms with Gasteiger partial charge < -0.3 is 9.67 Å². The normalized spacial score (nSPS) is 11.2. The van der Waals surface area contributed by atoms with E-state index in [1.807, 2.05) is 48.7 Å². The van der Waals surface area contributed by atoms with Gasteiger partial charge in [0.25, 0.3) is 0 Å². The fraction of sp³-hybridized carbons (Fsp3) is 0.130. The molecule has 0 aliphatic rings. The second-order valence-corrected chi connectivity index (χ2v) is 7.29. The summed E-state index contributed by atoms with van der Waals surface area (Å²) in [4.78, 5) is 25.2. The number of rotatable bonds is 5. The topological polar surface area (TPSA) is 59.3 Å². The first-order valence-corrected chi connectivity index (χ1v) is 9.80. The van der Waals surface area contributed by atoms with Gasteiger partial charge in [0.1, 0.15) is 5.56 Å². The van der Waals surface area contributed by atoms with Crippen molar-refractivity contribution < 1.29 is 9.90 Å². The Morgan fingerprint density at radius 1 is 1.07 bits per heavy atom. The molecule has 0 atom stereocenters. The van der Waals surface area contributed by atoms with Crippen molar-refractivity contribution in [3.05, 3.63) is 91.2 Å². The number of hydrogen-bond donors (Lipinski definition) is 1. The molecule has 2 aromatic carbocycles. The van der Waals surface area contributed by atoms with E-state index < -0.39 is 11.4 Å². The number of carboxylic acid groups (broad SMARTS) is 1. The third kappa shape index (κ3) is 4.14. The second kappa shape index (κ2) is 8.68. The summed E-state index contributed by atoms with van der Waals surface area (Å²) in [6, 6.07) is 14.4. The predicted molar refractivity (Wildman–Crippen MR) is 119 cm³/mol. The Bertz CT molecular complexity index is 1160. The van der Waals surface area contributed by atoms with Crippen LogP contribution < -0.4 is 5.43 Å². The van der Waals surface area contributed by atoms with Gasteiger partial charge in [-0.25, -0.2) is 4.79 Å². The summed E-state index contributed by atoms with van der Waals surface area (Å²) in [7, 11) is 0. The minimum Gasteiger partial charge on any atom is -0.477 e. The highest BCUT2D eigenvalue weighted by Gasteiger charge is 2.24. The van der Waals surface area contributed by atoms with Gasteiger partial charge in [-0.3, -0.25) is 4.79 Å². The molecule has 0 saturated carbocycles. The number of aromatic nitrogens is 1. The highest BCUT2D eigenvalue weighted by molar-refractivity contribution is 6.42. The van der Waals surface area contributed by atoms with Crippen molar-refractivity contribution in [2.24, 2.45) is 0 Å². The maximum atomic E-state index is 13.2. The molecule has 3 rings (SSSR count). The molecule has 0 bridgehead atoms. The Balaban J connectivity index is 2.31. The molecule has 148 valence electrons. The Morgan fingerprint density at radius 2 is 1.76 bits per heavy atom. The highest BCUT2D eigenvalue weighted by atomic mass is 35.5. The zero-order valence-corrected chi connectivity index (χ0v) is 17.5. The molecule has 0 saturated heterocycles. The molecule has 1 aromatic heterocycles. The van der Waals surface area contributed by atoms with Gasteiger partial charge in [-0.1, -0.05) is 65.7 Å². The maximum Gasteiger partial charge on any atom is 0.341 e. The maximum absolute atomic E-state index is 13.2. The Kier molecular flexibility index (Phi) is 6.26. The molecular formula is C23H19Cl2NO3. The van der Waals surface area contributed by atoms with Crippen molar-refractivity contribution in [3.8, 4) is 11.3 Å². The van der Waals surface area contributed by atoms with Gasteiger partial charge in [-0.15, -0.1) is 0 Å². The van der Waals surface area contributed by atoms with Crippen molar-refractivity contribution in [2.75, 3.05) is 0 Å². The molecule has 0 unspecified atom stereocenters. The van der Waals surface area contributed by atoms with E-state index in [9.17, 15) is 14.7 Å². The molecule has 6 heteroatoms. The predicted octanol–water partition coefficient (Wildman–Crippen LogP) is 6.02. The standard InChI is InChI=1S/C23H19Cl2NO3/c1-3-26-14(2)17(11-9-15-7-5-4-6-8-15)22(27)20(23(28)29)21(26)16-10-12-18(24)19(25)13-16/h4-13H,3H2,1-2H3,(H,28,29)/b11-9+. The van der Waals surface area contributed by atoms with Gasteiger partial charge in [0, 0.05) is 23.4 Å². The van der Waals surface area contributed by atoms with Gasteiger partial charge in [0.05, 0.1) is 15.7 Å². The van der Waals surface area contributed by atoms with Crippen LogP contribution in [-0.4, -0.2) is 15.6 Å². The molecule has 0 spiro atoms. The van der Waals surface area contributed by atoms with Crippen LogP contribution in [0.1, 0.15) is 34.1 Å². The van der Waals surface area contributed by atoms with Gasteiger partial charge in [0.15, 0.2) is 0 Å². The van der Waals surface area contributed by atoms with E-state index in [4.69, 9.17) is 23.2 Å². The highest BCUT2D eigenvalue weighted by Crippen LogP contribution is 2.31. The Labute approximate surface area is 178 Å². The van der Waals surface area contributed by atoms with Crippen LogP contribution in [0.3, 0.4) is 0 Å². The first-order chi connectivity index (χ1) is 13.8. The summed E-state index contributed by atoms with van der Waals surface area (Å²) >= 11 is 12.1. The number of benzene rings is 2. The Morgan fingerprint density at radius 3 is 2.34 bits per heavy atom. The van der Waals surface area contributed by atoms with E-state index in [1.165, 1.54) is 0 Å². The molecule has 29 heavy (non-hydrogen) atoms. The molecule has 1 heterocycles. The summed E-state index contributed by atoms with van der Waals surface area (Å²) in [5.41, 5.74) is 1.96. The summed E-state index contributed by atoms with van der Waals surface area (Å²) in [6.07, 6.45) is 3.47. The lowest BCUT2D eigenvalue weighted by molar-refractivity contribution is 0.0695. The first-order valence-electron chi connectivity index (χ1n) is 9.04. The van der Waals surface area contributed by atoms with Gasteiger partial charge in [-0.05, 0) is 37.6 Å². The average Bonchev–Trinajstić information content (AvgIpc) is 2.70. The number of nitrogens with zero attached hydrogens (tertiary/aromatic N) is 1. The molecule has 0 radical (unpaired) electrons. The van der Waals surface area contributed by atoms with Crippen molar-refractivity contribution in [1.29, 1.82) is 0 Å². The van der Waals surface area contributed by atoms with Crippen molar-refractivity contribution in [2.45, 2.75) is 20.4 Å². The summed E-state index contributed by atoms with van der Waals surface area (Å²) in [5, 5.41) is 10.5. The van der Waals surface area contributed by atoms with Crippen LogP contribution in [0.25, 0.3) is 23.4 Å². The smallest absolute Gasteiger partial charge is 0.341 e. The van der Waals surface area contributed by atoms with E-state index in [2.05, 4.69) is 0 Å². The SMILES string of the molecule is CCn1c(C)c(/C=C/c2ccccc2)c(=O)c(C(=O)O)c1-c1ccc(Cl)c(Cl)c1. The number of aromatic carboxylic acids is 1. The number of halogens is 2. The van der Waals surface area contributed by atoms with Crippen molar-refractivity contribution in [1.82, 2.24) is 4.57 Å². The minimum atomic E-state index is -1.28. The zero-order valence-electron chi connectivity index (χ0n) is 15.9. The molecule has 0 amide bonds. The van der Waals surface area contributed by atoms with E-state index in [1.54, 1.807) is 30.4 Å². The molecule has 4 nitrogen and oxygen atoms in total. The molecule has 3 aromatic rings. The first kappa shape index (κ1) is 20.9. The summed E-state index contributed by atoms with van der Waals surface area (Å²) in [5.74, 6) is -1.28. The van der Waals surface area contributed by atoms with E-state index in [-0.39, 0.29) is 5.56 Å². The molecule has 0 aliphatic carbocycles.